The lowest BCUT2D eigenvalue weighted by Gasteiger charge is -2.32. The van der Waals surface area contributed by atoms with E-state index in [9.17, 15) is 9.59 Å². The average molecular weight is 340 g/mol. The molecule has 2 amide bonds. The monoisotopic (exact) mass is 339 g/mol. The summed E-state index contributed by atoms with van der Waals surface area (Å²) >= 11 is 0. The molecule has 0 aliphatic carbocycles. The van der Waals surface area contributed by atoms with Gasteiger partial charge in [-0.05, 0) is 44.4 Å². The lowest BCUT2D eigenvalue weighted by molar-refractivity contribution is -0.126. The molecule has 0 aromatic heterocycles. The van der Waals surface area contributed by atoms with Crippen LogP contribution >= 0.6 is 12.4 Å². The van der Waals surface area contributed by atoms with E-state index in [1.165, 1.54) is 0 Å². The van der Waals surface area contributed by atoms with Gasteiger partial charge in [0.05, 0.1) is 5.92 Å². The van der Waals surface area contributed by atoms with E-state index < -0.39 is 0 Å². The van der Waals surface area contributed by atoms with Crippen molar-refractivity contribution in [3.05, 3.63) is 35.9 Å². The summed E-state index contributed by atoms with van der Waals surface area (Å²) in [6.07, 6.45) is 3.55. The third-order valence-electron chi connectivity index (χ3n) is 4.03. The third-order valence-corrected chi connectivity index (χ3v) is 4.03. The first-order valence-electron chi connectivity index (χ1n) is 8.04. The first-order valence-corrected chi connectivity index (χ1v) is 8.04. The van der Waals surface area contributed by atoms with E-state index in [2.05, 4.69) is 5.32 Å². The van der Waals surface area contributed by atoms with Crippen LogP contribution in [0.2, 0.25) is 0 Å². The molecule has 1 fully saturated rings. The first kappa shape index (κ1) is 19.5. The Morgan fingerprint density at radius 2 is 1.96 bits per heavy atom. The molecule has 1 saturated heterocycles. The second kappa shape index (κ2) is 10.2. The molecule has 1 heterocycles. The SMILES string of the molecule is Cl.NCCCCNC(=O)C1CCCN(C(=O)c2ccccc2)C1. The van der Waals surface area contributed by atoms with E-state index in [1.807, 2.05) is 30.3 Å². The van der Waals surface area contributed by atoms with Crippen molar-refractivity contribution < 1.29 is 9.59 Å². The fourth-order valence-electron chi connectivity index (χ4n) is 2.76. The zero-order chi connectivity index (χ0) is 15.8. The molecule has 0 saturated carbocycles. The Hall–Kier alpha value is -1.59. The molecule has 1 aromatic rings. The minimum atomic E-state index is -0.0979. The van der Waals surface area contributed by atoms with Crippen LogP contribution in [0.4, 0.5) is 0 Å². The molecule has 1 unspecified atom stereocenters. The number of amides is 2. The molecular formula is C17H26ClN3O2. The van der Waals surface area contributed by atoms with Crippen LogP contribution in [-0.4, -0.2) is 42.9 Å². The number of likely N-dealkylation sites (tertiary alicyclic amines) is 1. The number of carbonyl (C=O) groups excluding carboxylic acids is 2. The Morgan fingerprint density at radius 3 is 2.65 bits per heavy atom. The molecule has 6 heteroatoms. The van der Waals surface area contributed by atoms with E-state index >= 15 is 0 Å². The van der Waals surface area contributed by atoms with Crippen molar-refractivity contribution in [3.63, 3.8) is 0 Å². The number of rotatable bonds is 6. The number of unbranched alkanes of at least 4 members (excludes halogenated alkanes) is 1. The molecule has 5 nitrogen and oxygen atoms in total. The Morgan fingerprint density at radius 1 is 1.22 bits per heavy atom. The van der Waals surface area contributed by atoms with Crippen molar-refractivity contribution in [2.45, 2.75) is 25.7 Å². The van der Waals surface area contributed by atoms with E-state index in [0.29, 0.717) is 25.2 Å². The summed E-state index contributed by atoms with van der Waals surface area (Å²) in [6.45, 7) is 2.55. The molecule has 0 spiro atoms. The highest BCUT2D eigenvalue weighted by Crippen LogP contribution is 2.18. The molecule has 1 aromatic carbocycles. The fraction of sp³-hybridized carbons (Fsp3) is 0.529. The topological polar surface area (TPSA) is 75.4 Å². The van der Waals surface area contributed by atoms with E-state index in [1.54, 1.807) is 4.90 Å². The Labute approximate surface area is 144 Å². The van der Waals surface area contributed by atoms with Crippen LogP contribution in [0.1, 0.15) is 36.0 Å². The molecule has 0 radical (unpaired) electrons. The van der Waals surface area contributed by atoms with Gasteiger partial charge in [0.1, 0.15) is 0 Å². The number of carbonyl (C=O) groups is 2. The van der Waals surface area contributed by atoms with Crippen LogP contribution in [0.3, 0.4) is 0 Å². The van der Waals surface area contributed by atoms with Gasteiger partial charge in [0.2, 0.25) is 5.91 Å². The molecule has 23 heavy (non-hydrogen) atoms. The lowest BCUT2D eigenvalue weighted by Crippen LogP contribution is -2.45. The highest BCUT2D eigenvalue weighted by molar-refractivity contribution is 5.94. The van der Waals surface area contributed by atoms with Crippen molar-refractivity contribution >= 4 is 24.2 Å². The number of nitrogens with zero attached hydrogens (tertiary/aromatic N) is 1. The predicted molar refractivity (Wildman–Crippen MR) is 93.6 cm³/mol. The summed E-state index contributed by atoms with van der Waals surface area (Å²) < 4.78 is 0. The molecule has 1 atom stereocenters. The van der Waals surface area contributed by atoms with Crippen LogP contribution in [0.15, 0.2) is 30.3 Å². The zero-order valence-corrected chi connectivity index (χ0v) is 14.2. The normalized spacial score (nSPS) is 17.3. The van der Waals surface area contributed by atoms with E-state index in [0.717, 1.165) is 32.2 Å². The quantitative estimate of drug-likeness (QED) is 0.776. The summed E-state index contributed by atoms with van der Waals surface area (Å²) in [7, 11) is 0. The van der Waals surface area contributed by atoms with Crippen molar-refractivity contribution in [1.82, 2.24) is 10.2 Å². The maximum Gasteiger partial charge on any atom is 0.253 e. The molecule has 1 aliphatic rings. The van der Waals surface area contributed by atoms with Gasteiger partial charge in [-0.2, -0.15) is 0 Å². The molecular weight excluding hydrogens is 314 g/mol. The Kier molecular flexibility index (Phi) is 8.66. The minimum Gasteiger partial charge on any atom is -0.356 e. The fourth-order valence-corrected chi connectivity index (χ4v) is 2.76. The highest BCUT2D eigenvalue weighted by Gasteiger charge is 2.28. The van der Waals surface area contributed by atoms with Gasteiger partial charge in [0.25, 0.3) is 5.91 Å². The summed E-state index contributed by atoms with van der Waals surface area (Å²) in [4.78, 5) is 26.4. The number of piperidine rings is 1. The second-order valence-corrected chi connectivity index (χ2v) is 5.74. The molecule has 1 aliphatic heterocycles. The molecule has 0 bridgehead atoms. The van der Waals surface area contributed by atoms with Crippen LogP contribution in [0.25, 0.3) is 0 Å². The van der Waals surface area contributed by atoms with E-state index in [-0.39, 0.29) is 30.1 Å². The van der Waals surface area contributed by atoms with Crippen LogP contribution in [-0.2, 0) is 4.79 Å². The van der Waals surface area contributed by atoms with E-state index in [4.69, 9.17) is 5.73 Å². The summed E-state index contributed by atoms with van der Waals surface area (Å²) in [5.41, 5.74) is 6.12. The van der Waals surface area contributed by atoms with Gasteiger partial charge in [0, 0.05) is 25.2 Å². The van der Waals surface area contributed by atoms with Gasteiger partial charge < -0.3 is 16.0 Å². The molecule has 2 rings (SSSR count). The summed E-state index contributed by atoms with van der Waals surface area (Å²) in [6, 6.07) is 9.25. The smallest absolute Gasteiger partial charge is 0.253 e. The number of benzene rings is 1. The van der Waals surface area contributed by atoms with Gasteiger partial charge >= 0.3 is 0 Å². The predicted octanol–water partition coefficient (Wildman–Crippen LogP) is 1.82. The van der Waals surface area contributed by atoms with Crippen LogP contribution in [0, 0.1) is 5.92 Å². The second-order valence-electron chi connectivity index (χ2n) is 5.74. The summed E-state index contributed by atoms with van der Waals surface area (Å²) in [5, 5.41) is 2.95. The van der Waals surface area contributed by atoms with Gasteiger partial charge in [-0.1, -0.05) is 18.2 Å². The highest BCUT2D eigenvalue weighted by atomic mass is 35.5. The number of hydrogen-bond acceptors (Lipinski definition) is 3. The van der Waals surface area contributed by atoms with Crippen molar-refractivity contribution in [2.24, 2.45) is 11.7 Å². The lowest BCUT2D eigenvalue weighted by atomic mass is 9.96. The van der Waals surface area contributed by atoms with Crippen LogP contribution in [0.5, 0.6) is 0 Å². The number of hydrogen-bond donors (Lipinski definition) is 2. The van der Waals surface area contributed by atoms with Gasteiger partial charge in [-0.25, -0.2) is 0 Å². The summed E-state index contributed by atoms with van der Waals surface area (Å²) in [5.74, 6) is -0.0249. The van der Waals surface area contributed by atoms with Crippen molar-refractivity contribution in [3.8, 4) is 0 Å². The standard InChI is InChI=1S/C17H25N3O2.ClH/c18-10-4-5-11-19-16(21)15-9-6-12-20(13-15)17(22)14-7-2-1-3-8-14;/h1-3,7-8,15H,4-6,9-13,18H2,(H,19,21);1H. The van der Waals surface area contributed by atoms with Crippen LogP contribution < -0.4 is 11.1 Å². The maximum atomic E-state index is 12.4. The Balaban J connectivity index is 0.00000264. The first-order chi connectivity index (χ1) is 10.7. The van der Waals surface area contributed by atoms with Crippen molar-refractivity contribution in [1.29, 1.82) is 0 Å². The van der Waals surface area contributed by atoms with Gasteiger partial charge in [0.15, 0.2) is 0 Å². The van der Waals surface area contributed by atoms with Gasteiger partial charge in [-0.15, -0.1) is 12.4 Å². The largest absolute Gasteiger partial charge is 0.356 e. The third kappa shape index (κ3) is 5.84. The molecule has 3 N–H and O–H groups in total. The minimum absolute atomic E-state index is 0. The number of nitrogens with two attached hydrogens (primary N) is 1. The Bertz CT molecular complexity index is 496. The number of nitrogens with one attached hydrogen (secondary N) is 1. The number of halogens is 1. The molecule has 128 valence electrons. The zero-order valence-electron chi connectivity index (χ0n) is 13.4. The average Bonchev–Trinajstić information content (AvgIpc) is 2.59. The van der Waals surface area contributed by atoms with Crippen molar-refractivity contribution in [2.75, 3.05) is 26.2 Å². The van der Waals surface area contributed by atoms with Gasteiger partial charge in [-0.3, -0.25) is 9.59 Å². The maximum absolute atomic E-state index is 12.4.